The van der Waals surface area contributed by atoms with E-state index in [4.69, 9.17) is 0 Å². The lowest BCUT2D eigenvalue weighted by Gasteiger charge is -2.32. The van der Waals surface area contributed by atoms with Gasteiger partial charge in [0.2, 0.25) is 0 Å². The zero-order valence-electron chi connectivity index (χ0n) is 6.45. The van der Waals surface area contributed by atoms with Gasteiger partial charge in [0.1, 0.15) is 0 Å². The fourth-order valence-electron chi connectivity index (χ4n) is 2.43. The van der Waals surface area contributed by atoms with E-state index in [1.165, 1.54) is 12.8 Å². The minimum atomic E-state index is 0.0243. The van der Waals surface area contributed by atoms with Gasteiger partial charge in [-0.05, 0) is 31.7 Å². The fraction of sp³-hybridized carbons (Fsp3) is 1.00. The molecule has 10 heavy (non-hydrogen) atoms. The van der Waals surface area contributed by atoms with E-state index < -0.39 is 0 Å². The summed E-state index contributed by atoms with van der Waals surface area (Å²) in [6, 6.07) is 0. The number of aliphatic hydroxyl groups excluding tert-OH is 1. The molecule has 1 aliphatic heterocycles. The summed E-state index contributed by atoms with van der Waals surface area (Å²) in [4.78, 5) is 2.34. The summed E-state index contributed by atoms with van der Waals surface area (Å²) >= 11 is 0. The van der Waals surface area contributed by atoms with Crippen LogP contribution in [0.15, 0.2) is 0 Å². The minimum absolute atomic E-state index is 0.0243. The van der Waals surface area contributed by atoms with Crippen molar-refractivity contribution in [2.45, 2.75) is 18.9 Å². The Hall–Kier alpha value is -0.0800. The van der Waals surface area contributed by atoms with Gasteiger partial charge in [-0.1, -0.05) is 0 Å². The molecule has 2 atom stereocenters. The molecule has 2 aliphatic rings. The normalized spacial score (nSPS) is 48.0. The molecule has 1 heterocycles. The Kier molecular flexibility index (Phi) is 1.46. The van der Waals surface area contributed by atoms with Gasteiger partial charge in [0.25, 0.3) is 0 Å². The Balaban J connectivity index is 2.09. The highest BCUT2D eigenvalue weighted by molar-refractivity contribution is 4.91. The first kappa shape index (κ1) is 6.62. The first-order valence-corrected chi connectivity index (χ1v) is 4.14. The van der Waals surface area contributed by atoms with Crippen LogP contribution in [-0.2, 0) is 0 Å². The van der Waals surface area contributed by atoms with Gasteiger partial charge < -0.3 is 10.0 Å². The molecule has 1 N–H and O–H groups in total. The zero-order chi connectivity index (χ0) is 7.14. The molecule has 2 heteroatoms. The van der Waals surface area contributed by atoms with Gasteiger partial charge in [-0.2, -0.15) is 0 Å². The van der Waals surface area contributed by atoms with Crippen LogP contribution < -0.4 is 0 Å². The van der Waals surface area contributed by atoms with Crippen LogP contribution in [0.2, 0.25) is 0 Å². The molecule has 2 nitrogen and oxygen atoms in total. The van der Waals surface area contributed by atoms with E-state index in [9.17, 15) is 5.11 Å². The van der Waals surface area contributed by atoms with E-state index in [0.717, 1.165) is 13.1 Å². The molecule has 0 aromatic rings. The van der Waals surface area contributed by atoms with Crippen LogP contribution in [0.3, 0.4) is 0 Å². The van der Waals surface area contributed by atoms with Crippen molar-refractivity contribution < 1.29 is 5.11 Å². The summed E-state index contributed by atoms with van der Waals surface area (Å²) in [6.07, 6.45) is 2.52. The third-order valence-electron chi connectivity index (χ3n) is 2.97. The number of nitrogens with zero attached hydrogens (tertiary/aromatic N) is 1. The van der Waals surface area contributed by atoms with Gasteiger partial charge in [0.05, 0.1) is 6.10 Å². The number of fused-ring (bicyclic) bond motifs is 2. The maximum atomic E-state index is 9.60. The molecule has 1 saturated carbocycles. The quantitative estimate of drug-likeness (QED) is 0.525. The van der Waals surface area contributed by atoms with Crippen molar-refractivity contribution in [1.82, 2.24) is 4.90 Å². The molecule has 0 unspecified atom stereocenters. The molecule has 0 aromatic heterocycles. The third kappa shape index (κ3) is 0.867. The molecule has 2 bridgehead atoms. The van der Waals surface area contributed by atoms with Gasteiger partial charge in [-0.3, -0.25) is 0 Å². The SMILES string of the molecule is CN1C[C@@H]2CC[C@@H](C1)C2O. The summed E-state index contributed by atoms with van der Waals surface area (Å²) in [5.41, 5.74) is 0. The number of hydrogen-bond acceptors (Lipinski definition) is 2. The second-order valence-corrected chi connectivity index (χ2v) is 3.81. The van der Waals surface area contributed by atoms with Gasteiger partial charge in [0, 0.05) is 13.1 Å². The standard InChI is InChI=1S/C8H15NO/c1-9-4-6-2-3-7(5-9)8(6)10/h6-8,10H,2-5H2,1H3/t6-,7-/m0/s1. The van der Waals surface area contributed by atoms with Crippen LogP contribution in [-0.4, -0.2) is 36.2 Å². The highest BCUT2D eigenvalue weighted by Crippen LogP contribution is 2.35. The zero-order valence-corrected chi connectivity index (χ0v) is 6.45. The van der Waals surface area contributed by atoms with Crippen molar-refractivity contribution >= 4 is 0 Å². The lowest BCUT2D eigenvalue weighted by Crippen LogP contribution is -2.42. The lowest BCUT2D eigenvalue weighted by atomic mass is 9.96. The van der Waals surface area contributed by atoms with E-state index in [1.54, 1.807) is 0 Å². The molecule has 1 aliphatic carbocycles. The molecule has 2 rings (SSSR count). The average molecular weight is 141 g/mol. The second kappa shape index (κ2) is 2.21. The minimum Gasteiger partial charge on any atom is -0.392 e. The van der Waals surface area contributed by atoms with E-state index >= 15 is 0 Å². The molecule has 1 saturated heterocycles. The van der Waals surface area contributed by atoms with Crippen LogP contribution in [0.4, 0.5) is 0 Å². The maximum Gasteiger partial charge on any atom is 0.0620 e. The van der Waals surface area contributed by atoms with E-state index in [0.29, 0.717) is 11.8 Å². The van der Waals surface area contributed by atoms with E-state index in [2.05, 4.69) is 11.9 Å². The van der Waals surface area contributed by atoms with Crippen molar-refractivity contribution in [1.29, 1.82) is 0 Å². The summed E-state index contributed by atoms with van der Waals surface area (Å²) in [7, 11) is 2.15. The molecule has 0 radical (unpaired) electrons. The van der Waals surface area contributed by atoms with Crippen LogP contribution in [0.1, 0.15) is 12.8 Å². The average Bonchev–Trinajstić information content (AvgIpc) is 2.20. The second-order valence-electron chi connectivity index (χ2n) is 3.81. The van der Waals surface area contributed by atoms with E-state index in [-0.39, 0.29) is 6.10 Å². The van der Waals surface area contributed by atoms with Crippen molar-refractivity contribution in [2.75, 3.05) is 20.1 Å². The van der Waals surface area contributed by atoms with Crippen molar-refractivity contribution in [3.63, 3.8) is 0 Å². The first-order chi connectivity index (χ1) is 4.77. The topological polar surface area (TPSA) is 23.5 Å². The molecule has 2 fully saturated rings. The number of hydrogen-bond donors (Lipinski definition) is 1. The molecular formula is C8H15NO. The predicted molar refractivity (Wildman–Crippen MR) is 39.7 cm³/mol. The Morgan fingerprint density at radius 3 is 2.20 bits per heavy atom. The Morgan fingerprint density at radius 2 is 1.70 bits per heavy atom. The van der Waals surface area contributed by atoms with Gasteiger partial charge in [-0.15, -0.1) is 0 Å². The Morgan fingerprint density at radius 1 is 1.20 bits per heavy atom. The molecule has 0 spiro atoms. The molecule has 0 aromatic carbocycles. The number of likely N-dealkylation sites (tertiary alicyclic amines) is 1. The van der Waals surface area contributed by atoms with Crippen LogP contribution in [0, 0.1) is 11.8 Å². The fourth-order valence-corrected chi connectivity index (χ4v) is 2.43. The van der Waals surface area contributed by atoms with Crippen LogP contribution in [0.25, 0.3) is 0 Å². The number of piperidine rings is 1. The largest absolute Gasteiger partial charge is 0.392 e. The van der Waals surface area contributed by atoms with Gasteiger partial charge in [-0.25, -0.2) is 0 Å². The summed E-state index contributed by atoms with van der Waals surface area (Å²) in [5, 5.41) is 9.60. The molecular weight excluding hydrogens is 126 g/mol. The third-order valence-corrected chi connectivity index (χ3v) is 2.97. The predicted octanol–water partition coefficient (Wildman–Crippen LogP) is 0.319. The number of aliphatic hydroxyl groups is 1. The first-order valence-electron chi connectivity index (χ1n) is 4.14. The van der Waals surface area contributed by atoms with Crippen molar-refractivity contribution in [3.05, 3.63) is 0 Å². The van der Waals surface area contributed by atoms with Crippen molar-refractivity contribution in [2.24, 2.45) is 11.8 Å². The number of rotatable bonds is 0. The summed E-state index contributed by atoms with van der Waals surface area (Å²) < 4.78 is 0. The van der Waals surface area contributed by atoms with Crippen LogP contribution >= 0.6 is 0 Å². The highest BCUT2D eigenvalue weighted by atomic mass is 16.3. The maximum absolute atomic E-state index is 9.60. The van der Waals surface area contributed by atoms with Gasteiger partial charge in [0.15, 0.2) is 0 Å². The van der Waals surface area contributed by atoms with Gasteiger partial charge >= 0.3 is 0 Å². The highest BCUT2D eigenvalue weighted by Gasteiger charge is 2.39. The molecule has 58 valence electrons. The van der Waals surface area contributed by atoms with E-state index in [1.807, 2.05) is 0 Å². The van der Waals surface area contributed by atoms with Crippen LogP contribution in [0.5, 0.6) is 0 Å². The monoisotopic (exact) mass is 141 g/mol. The summed E-state index contributed by atoms with van der Waals surface area (Å²) in [5.74, 6) is 1.17. The lowest BCUT2D eigenvalue weighted by molar-refractivity contribution is 0.0265. The van der Waals surface area contributed by atoms with Crippen molar-refractivity contribution in [3.8, 4) is 0 Å². The summed E-state index contributed by atoms with van der Waals surface area (Å²) in [6.45, 7) is 2.22. The Labute approximate surface area is 61.8 Å². The Bertz CT molecular complexity index is 123. The smallest absolute Gasteiger partial charge is 0.0620 e. The molecule has 0 amide bonds.